The number of benzene rings is 1. The minimum atomic E-state index is -0.874. The number of hydrogen-bond acceptors (Lipinski definition) is 5. The van der Waals surface area contributed by atoms with Crippen molar-refractivity contribution in [2.45, 2.75) is 46.1 Å². The third-order valence-electron chi connectivity index (χ3n) is 4.59. The molecule has 1 rings (SSSR count). The molecule has 170 valence electrons. The summed E-state index contributed by atoms with van der Waals surface area (Å²) in [5.41, 5.74) is 2.51. The Morgan fingerprint density at radius 1 is 1.13 bits per heavy atom. The standard InChI is InChI=1S/C22H32N2O5.C2H2/c1-5-10-17(21(26)24-28)18(13-15(3)4)20(25)23-19(22(27)29-6-2)14-16-11-8-7-9-12-16;1-2/h5,7-9,11-12,15,17-19,28H,1,6,10,13-14H2,2-4H3,(H,23,25)(H,24,26);1-2H/t17?,18-,19?;/m1./s1. The van der Waals surface area contributed by atoms with Gasteiger partial charge in [0.2, 0.25) is 11.8 Å². The van der Waals surface area contributed by atoms with E-state index in [1.165, 1.54) is 6.08 Å². The van der Waals surface area contributed by atoms with Crippen LogP contribution in [-0.2, 0) is 25.5 Å². The molecule has 0 aliphatic heterocycles. The summed E-state index contributed by atoms with van der Waals surface area (Å²) >= 11 is 0. The first-order valence-corrected chi connectivity index (χ1v) is 10.2. The number of terminal acetylenes is 1. The first-order valence-electron chi connectivity index (χ1n) is 10.2. The topological polar surface area (TPSA) is 105 Å². The van der Waals surface area contributed by atoms with Crippen molar-refractivity contribution in [3.8, 4) is 12.8 Å². The minimum absolute atomic E-state index is 0.125. The van der Waals surface area contributed by atoms with E-state index in [1.807, 2.05) is 44.2 Å². The Morgan fingerprint density at radius 3 is 2.23 bits per heavy atom. The highest BCUT2D eigenvalue weighted by Gasteiger charge is 2.35. The summed E-state index contributed by atoms with van der Waals surface area (Å²) in [5.74, 6) is -3.00. The van der Waals surface area contributed by atoms with Crippen molar-refractivity contribution in [2.24, 2.45) is 17.8 Å². The number of amides is 2. The molecule has 0 bridgehead atoms. The summed E-state index contributed by atoms with van der Waals surface area (Å²) in [6.45, 7) is 9.42. The highest BCUT2D eigenvalue weighted by Crippen LogP contribution is 2.25. The van der Waals surface area contributed by atoms with E-state index >= 15 is 0 Å². The van der Waals surface area contributed by atoms with Gasteiger partial charge in [-0.05, 0) is 31.2 Å². The van der Waals surface area contributed by atoms with Crippen LogP contribution in [0.5, 0.6) is 0 Å². The smallest absolute Gasteiger partial charge is 0.328 e. The quantitative estimate of drug-likeness (QED) is 0.155. The maximum Gasteiger partial charge on any atom is 0.328 e. The predicted molar refractivity (Wildman–Crippen MR) is 120 cm³/mol. The van der Waals surface area contributed by atoms with Crippen molar-refractivity contribution in [1.29, 1.82) is 0 Å². The molecular weight excluding hydrogens is 396 g/mol. The van der Waals surface area contributed by atoms with E-state index in [-0.39, 0.29) is 25.4 Å². The second-order valence-corrected chi connectivity index (χ2v) is 7.35. The van der Waals surface area contributed by atoms with Crippen LogP contribution in [0.4, 0.5) is 0 Å². The molecule has 0 heterocycles. The van der Waals surface area contributed by atoms with Crippen LogP contribution >= 0.6 is 0 Å². The molecule has 0 fully saturated rings. The molecule has 0 aliphatic rings. The second-order valence-electron chi connectivity index (χ2n) is 7.35. The van der Waals surface area contributed by atoms with E-state index in [0.717, 1.165) is 5.56 Å². The molecule has 3 N–H and O–H groups in total. The molecule has 0 aromatic heterocycles. The SMILES string of the molecule is C#C.C=CCC(C(=O)NO)[C@@H](CC(C)C)C(=O)NC(Cc1ccccc1)C(=O)OCC. The van der Waals surface area contributed by atoms with Gasteiger partial charge in [0.15, 0.2) is 0 Å². The maximum atomic E-state index is 13.1. The fourth-order valence-electron chi connectivity index (χ4n) is 3.24. The van der Waals surface area contributed by atoms with Crippen LogP contribution in [0.3, 0.4) is 0 Å². The Kier molecular flexibility index (Phi) is 14.1. The summed E-state index contributed by atoms with van der Waals surface area (Å²) in [5, 5.41) is 11.9. The number of allylic oxidation sites excluding steroid dienone is 1. The van der Waals surface area contributed by atoms with Crippen molar-refractivity contribution < 1.29 is 24.3 Å². The molecule has 7 nitrogen and oxygen atoms in total. The number of rotatable bonds is 12. The molecule has 0 saturated heterocycles. The van der Waals surface area contributed by atoms with Gasteiger partial charge in [0, 0.05) is 6.42 Å². The molecule has 2 unspecified atom stereocenters. The minimum Gasteiger partial charge on any atom is -0.464 e. The zero-order valence-electron chi connectivity index (χ0n) is 18.5. The number of carbonyl (C=O) groups is 3. The number of hydroxylamine groups is 1. The van der Waals surface area contributed by atoms with Gasteiger partial charge in [-0.15, -0.1) is 19.4 Å². The zero-order valence-corrected chi connectivity index (χ0v) is 18.5. The summed E-state index contributed by atoms with van der Waals surface area (Å²) in [7, 11) is 0. The molecule has 7 heteroatoms. The molecule has 0 saturated carbocycles. The molecule has 0 aliphatic carbocycles. The fourth-order valence-corrected chi connectivity index (χ4v) is 3.24. The highest BCUT2D eigenvalue weighted by atomic mass is 16.5. The number of hydrogen-bond donors (Lipinski definition) is 3. The van der Waals surface area contributed by atoms with Crippen LogP contribution in [0.1, 0.15) is 39.2 Å². The van der Waals surface area contributed by atoms with Crippen molar-refractivity contribution >= 4 is 17.8 Å². The maximum absolute atomic E-state index is 13.1. The lowest BCUT2D eigenvalue weighted by molar-refractivity contribution is -0.148. The monoisotopic (exact) mass is 430 g/mol. The third-order valence-corrected chi connectivity index (χ3v) is 4.59. The first-order chi connectivity index (χ1) is 14.8. The summed E-state index contributed by atoms with van der Waals surface area (Å²) in [6, 6.07) is 8.43. The van der Waals surface area contributed by atoms with Crippen LogP contribution in [0.25, 0.3) is 0 Å². The summed E-state index contributed by atoms with van der Waals surface area (Å²) in [6.07, 6.45) is 10.4. The van der Waals surface area contributed by atoms with Gasteiger partial charge >= 0.3 is 5.97 Å². The predicted octanol–water partition coefficient (Wildman–Crippen LogP) is 2.89. The van der Waals surface area contributed by atoms with E-state index < -0.39 is 35.7 Å². The molecule has 0 spiro atoms. The van der Waals surface area contributed by atoms with Gasteiger partial charge in [-0.1, -0.05) is 50.3 Å². The van der Waals surface area contributed by atoms with Gasteiger partial charge in [0.1, 0.15) is 6.04 Å². The zero-order chi connectivity index (χ0) is 23.8. The van der Waals surface area contributed by atoms with Gasteiger partial charge in [0.25, 0.3) is 0 Å². The second kappa shape index (κ2) is 15.7. The van der Waals surface area contributed by atoms with Crippen LogP contribution in [0.2, 0.25) is 0 Å². The number of ether oxygens (including phenoxy) is 1. The number of esters is 1. The number of nitrogens with one attached hydrogen (secondary N) is 2. The van der Waals surface area contributed by atoms with Crippen LogP contribution in [0, 0.1) is 30.6 Å². The van der Waals surface area contributed by atoms with Gasteiger partial charge in [-0.3, -0.25) is 14.8 Å². The molecule has 0 radical (unpaired) electrons. The fraction of sp³-hybridized carbons (Fsp3) is 0.458. The van der Waals surface area contributed by atoms with Crippen molar-refractivity contribution in [3.05, 3.63) is 48.6 Å². The van der Waals surface area contributed by atoms with Gasteiger partial charge < -0.3 is 10.1 Å². The normalized spacial score (nSPS) is 13.0. The Morgan fingerprint density at radius 2 is 1.74 bits per heavy atom. The Hall–Kier alpha value is -3.11. The van der Waals surface area contributed by atoms with E-state index in [9.17, 15) is 14.4 Å². The van der Waals surface area contributed by atoms with E-state index in [0.29, 0.717) is 6.42 Å². The highest BCUT2D eigenvalue weighted by molar-refractivity contribution is 5.90. The summed E-state index contributed by atoms with van der Waals surface area (Å²) in [4.78, 5) is 37.7. The van der Waals surface area contributed by atoms with E-state index in [4.69, 9.17) is 9.94 Å². The van der Waals surface area contributed by atoms with E-state index in [1.54, 1.807) is 12.4 Å². The third kappa shape index (κ3) is 9.96. The lowest BCUT2D eigenvalue weighted by Gasteiger charge is -2.27. The molecule has 31 heavy (non-hydrogen) atoms. The lowest BCUT2D eigenvalue weighted by Crippen LogP contribution is -2.49. The average molecular weight is 431 g/mol. The van der Waals surface area contributed by atoms with Crippen molar-refractivity contribution in [3.63, 3.8) is 0 Å². The van der Waals surface area contributed by atoms with Gasteiger partial charge in [-0.2, -0.15) is 0 Å². The van der Waals surface area contributed by atoms with E-state index in [2.05, 4.69) is 24.7 Å². The summed E-state index contributed by atoms with van der Waals surface area (Å²) < 4.78 is 5.13. The molecule has 2 amide bonds. The van der Waals surface area contributed by atoms with Gasteiger partial charge in [-0.25, -0.2) is 10.3 Å². The van der Waals surface area contributed by atoms with Crippen LogP contribution < -0.4 is 10.8 Å². The Labute approximate surface area is 185 Å². The van der Waals surface area contributed by atoms with Crippen molar-refractivity contribution in [2.75, 3.05) is 6.61 Å². The van der Waals surface area contributed by atoms with Gasteiger partial charge in [0.05, 0.1) is 18.4 Å². The molecule has 1 aromatic carbocycles. The molecule has 3 atom stereocenters. The number of carbonyl (C=O) groups excluding carboxylic acids is 3. The first kappa shape index (κ1) is 27.9. The van der Waals surface area contributed by atoms with Crippen LogP contribution in [0.15, 0.2) is 43.0 Å². The largest absolute Gasteiger partial charge is 0.464 e. The average Bonchev–Trinajstić information content (AvgIpc) is 2.77. The molecular formula is C24H34N2O5. The lowest BCUT2D eigenvalue weighted by atomic mass is 9.82. The Bertz CT molecular complexity index is 715. The van der Waals surface area contributed by atoms with Crippen LogP contribution in [-0.4, -0.2) is 35.6 Å². The van der Waals surface area contributed by atoms with Crippen molar-refractivity contribution in [1.82, 2.24) is 10.8 Å². The Balaban J connectivity index is 0.00000436. The molecule has 1 aromatic rings.